The summed E-state index contributed by atoms with van der Waals surface area (Å²) < 4.78 is 19.8. The topological polar surface area (TPSA) is 71.5 Å². The van der Waals surface area contributed by atoms with Gasteiger partial charge in [-0.15, -0.1) is 11.3 Å². The normalized spacial score (nSPS) is 15.1. The summed E-state index contributed by atoms with van der Waals surface area (Å²) in [6, 6.07) is 5.99. The van der Waals surface area contributed by atoms with Gasteiger partial charge in [0.2, 0.25) is 0 Å². The second-order valence-electron chi connectivity index (χ2n) is 6.27. The van der Waals surface area contributed by atoms with Crippen LogP contribution in [0.5, 0.6) is 0 Å². The van der Waals surface area contributed by atoms with Crippen LogP contribution in [0.25, 0.3) is 5.57 Å². The van der Waals surface area contributed by atoms with Crippen molar-refractivity contribution in [1.82, 2.24) is 9.88 Å². The molecule has 136 valence electrons. The minimum absolute atomic E-state index is 0.0963. The summed E-state index contributed by atoms with van der Waals surface area (Å²) in [5.74, 6) is -1.06. The van der Waals surface area contributed by atoms with Gasteiger partial charge in [-0.2, -0.15) is 0 Å². The van der Waals surface area contributed by atoms with Crippen molar-refractivity contribution in [2.24, 2.45) is 0 Å². The first-order valence-electron chi connectivity index (χ1n) is 7.94. The third-order valence-electron chi connectivity index (χ3n) is 4.25. The van der Waals surface area contributed by atoms with Crippen LogP contribution in [0, 0.1) is 5.82 Å². The summed E-state index contributed by atoms with van der Waals surface area (Å²) in [6.45, 7) is 4.73. The minimum Gasteiger partial charge on any atom is -0.477 e. The Morgan fingerprint density at radius 2 is 2.12 bits per heavy atom. The highest BCUT2D eigenvalue weighted by molar-refractivity contribution is 7.13. The molecule has 0 saturated carbocycles. The fourth-order valence-corrected chi connectivity index (χ4v) is 3.14. The highest BCUT2D eigenvalue weighted by atomic mass is 32.1. The molecule has 1 aliphatic heterocycles. The Morgan fingerprint density at radius 1 is 1.38 bits per heavy atom. The summed E-state index contributed by atoms with van der Waals surface area (Å²) in [7, 11) is 0. The van der Waals surface area contributed by atoms with Crippen LogP contribution in [-0.2, 0) is 14.3 Å². The molecule has 8 heteroatoms. The summed E-state index contributed by atoms with van der Waals surface area (Å²) in [6.07, 6.45) is 1.57. The molecule has 2 aromatic rings. The fraction of sp³-hybridized carbons (Fsp3) is 0.278. The standard InChI is InChI=1S/C18H18FN3O3S/c1-11-14(12-6-4-5-7-13(12)19)15(23)22(10-25-11)18(2,3)16(24)21-17-20-8-9-26-17/h4-9H,10H2,1-3H3,(H,20,21,24). The number of anilines is 1. The van der Waals surface area contributed by atoms with E-state index in [1.54, 1.807) is 44.5 Å². The maximum Gasteiger partial charge on any atom is 0.261 e. The maximum absolute atomic E-state index is 14.2. The summed E-state index contributed by atoms with van der Waals surface area (Å²) >= 11 is 1.28. The smallest absolute Gasteiger partial charge is 0.261 e. The van der Waals surface area contributed by atoms with Crippen LogP contribution in [0.4, 0.5) is 9.52 Å². The Hall–Kier alpha value is -2.74. The Morgan fingerprint density at radius 3 is 2.77 bits per heavy atom. The first kappa shape index (κ1) is 18.1. The number of hydrogen-bond acceptors (Lipinski definition) is 5. The molecule has 0 atom stereocenters. The van der Waals surface area contributed by atoms with Gasteiger partial charge in [0, 0.05) is 17.1 Å². The van der Waals surface area contributed by atoms with Gasteiger partial charge in [-0.1, -0.05) is 18.2 Å². The van der Waals surface area contributed by atoms with Gasteiger partial charge in [0.05, 0.1) is 5.57 Å². The molecular formula is C18H18FN3O3S. The summed E-state index contributed by atoms with van der Waals surface area (Å²) in [4.78, 5) is 31.1. The third kappa shape index (κ3) is 3.20. The molecule has 0 aliphatic carbocycles. The number of nitrogens with zero attached hydrogens (tertiary/aromatic N) is 2. The molecule has 0 saturated heterocycles. The van der Waals surface area contributed by atoms with E-state index < -0.39 is 23.2 Å². The molecule has 0 spiro atoms. The number of allylic oxidation sites excluding steroid dienone is 1. The van der Waals surface area contributed by atoms with E-state index in [1.165, 1.54) is 28.4 Å². The first-order valence-corrected chi connectivity index (χ1v) is 8.82. The molecule has 0 radical (unpaired) electrons. The van der Waals surface area contributed by atoms with Gasteiger partial charge in [0.25, 0.3) is 11.8 Å². The van der Waals surface area contributed by atoms with Gasteiger partial charge in [-0.3, -0.25) is 19.8 Å². The van der Waals surface area contributed by atoms with Crippen molar-refractivity contribution < 1.29 is 18.7 Å². The lowest BCUT2D eigenvalue weighted by Gasteiger charge is -2.40. The molecule has 0 unspecified atom stereocenters. The highest BCUT2D eigenvalue weighted by Gasteiger charge is 2.42. The molecule has 0 fully saturated rings. The van der Waals surface area contributed by atoms with Crippen LogP contribution < -0.4 is 5.32 Å². The zero-order valence-corrected chi connectivity index (χ0v) is 15.4. The Balaban J connectivity index is 1.91. The van der Waals surface area contributed by atoms with Gasteiger partial charge in [0.15, 0.2) is 11.9 Å². The second kappa shape index (κ2) is 6.87. The predicted octanol–water partition coefficient (Wildman–Crippen LogP) is 3.25. The van der Waals surface area contributed by atoms with Gasteiger partial charge in [0.1, 0.15) is 17.1 Å². The van der Waals surface area contributed by atoms with Crippen molar-refractivity contribution in [1.29, 1.82) is 0 Å². The summed E-state index contributed by atoms with van der Waals surface area (Å²) in [5, 5.41) is 4.86. The molecular weight excluding hydrogens is 357 g/mol. The molecule has 1 aromatic carbocycles. The third-order valence-corrected chi connectivity index (χ3v) is 4.94. The number of carbonyl (C=O) groups is 2. The van der Waals surface area contributed by atoms with Gasteiger partial charge < -0.3 is 4.74 Å². The lowest BCUT2D eigenvalue weighted by molar-refractivity contribution is -0.147. The van der Waals surface area contributed by atoms with Crippen LogP contribution in [0.1, 0.15) is 26.3 Å². The largest absolute Gasteiger partial charge is 0.477 e. The molecule has 1 aliphatic rings. The molecule has 3 rings (SSSR count). The van der Waals surface area contributed by atoms with Crippen molar-refractivity contribution in [3.63, 3.8) is 0 Å². The molecule has 1 N–H and O–H groups in total. The summed E-state index contributed by atoms with van der Waals surface area (Å²) in [5.41, 5.74) is -0.958. The number of amides is 2. The average Bonchev–Trinajstić information content (AvgIpc) is 3.09. The number of benzene rings is 1. The molecule has 1 aromatic heterocycles. The molecule has 0 bridgehead atoms. The van der Waals surface area contributed by atoms with Crippen LogP contribution in [0.2, 0.25) is 0 Å². The number of aromatic nitrogens is 1. The van der Waals surface area contributed by atoms with Crippen molar-refractivity contribution >= 4 is 33.9 Å². The van der Waals surface area contributed by atoms with Gasteiger partial charge in [-0.05, 0) is 26.8 Å². The quantitative estimate of drug-likeness (QED) is 0.890. The van der Waals surface area contributed by atoms with Crippen molar-refractivity contribution in [3.05, 3.63) is 53.0 Å². The molecule has 2 amide bonds. The van der Waals surface area contributed by atoms with Crippen molar-refractivity contribution in [2.45, 2.75) is 26.3 Å². The van der Waals surface area contributed by atoms with Crippen LogP contribution in [0.15, 0.2) is 41.6 Å². The molecule has 6 nitrogen and oxygen atoms in total. The van der Waals surface area contributed by atoms with Gasteiger partial charge in [-0.25, -0.2) is 9.37 Å². The number of hydrogen-bond donors (Lipinski definition) is 1. The number of halogens is 1. The van der Waals surface area contributed by atoms with E-state index in [4.69, 9.17) is 4.74 Å². The zero-order valence-electron chi connectivity index (χ0n) is 14.6. The van der Waals surface area contributed by atoms with E-state index in [0.717, 1.165) is 0 Å². The Kier molecular flexibility index (Phi) is 4.78. The van der Waals surface area contributed by atoms with Crippen molar-refractivity contribution in [3.8, 4) is 0 Å². The average molecular weight is 375 g/mol. The van der Waals surface area contributed by atoms with E-state index in [0.29, 0.717) is 10.9 Å². The maximum atomic E-state index is 14.2. The lowest BCUT2D eigenvalue weighted by atomic mass is 9.96. The zero-order chi connectivity index (χ0) is 18.9. The Labute approximate surface area is 154 Å². The van der Waals surface area contributed by atoms with Crippen LogP contribution in [-0.4, -0.2) is 34.0 Å². The predicted molar refractivity (Wildman–Crippen MR) is 96.6 cm³/mol. The number of nitrogens with one attached hydrogen (secondary N) is 1. The number of carbonyl (C=O) groups excluding carboxylic acids is 2. The van der Waals surface area contributed by atoms with E-state index in [2.05, 4.69) is 10.3 Å². The van der Waals surface area contributed by atoms with Crippen LogP contribution >= 0.6 is 11.3 Å². The minimum atomic E-state index is -1.22. The second-order valence-corrected chi connectivity index (χ2v) is 7.16. The molecule has 2 heterocycles. The first-order chi connectivity index (χ1) is 12.3. The molecule has 26 heavy (non-hydrogen) atoms. The number of thiazole rings is 1. The van der Waals surface area contributed by atoms with E-state index in [-0.39, 0.29) is 17.9 Å². The van der Waals surface area contributed by atoms with E-state index in [9.17, 15) is 14.0 Å². The lowest BCUT2D eigenvalue weighted by Crippen LogP contribution is -2.57. The van der Waals surface area contributed by atoms with E-state index in [1.807, 2.05) is 0 Å². The number of ether oxygens (including phenoxy) is 1. The number of rotatable bonds is 4. The van der Waals surface area contributed by atoms with E-state index >= 15 is 0 Å². The fourth-order valence-electron chi connectivity index (χ4n) is 2.62. The SMILES string of the molecule is CC1=C(c2ccccc2F)C(=O)N(C(C)(C)C(=O)Nc2nccs2)CO1. The monoisotopic (exact) mass is 375 g/mol. The van der Waals surface area contributed by atoms with Crippen LogP contribution in [0.3, 0.4) is 0 Å². The van der Waals surface area contributed by atoms with Crippen molar-refractivity contribution in [2.75, 3.05) is 12.0 Å². The Bertz CT molecular complexity index is 878. The van der Waals surface area contributed by atoms with Gasteiger partial charge >= 0.3 is 0 Å². The highest BCUT2D eigenvalue weighted by Crippen LogP contribution is 2.32.